The summed E-state index contributed by atoms with van der Waals surface area (Å²) in [5.41, 5.74) is 2.70. The van der Waals surface area contributed by atoms with Gasteiger partial charge in [0.1, 0.15) is 0 Å². The van der Waals surface area contributed by atoms with E-state index in [2.05, 4.69) is 60.2 Å². The van der Waals surface area contributed by atoms with Gasteiger partial charge in [0, 0.05) is 10.5 Å². The molecule has 84 valence electrons. The Labute approximate surface area is 101 Å². The molecule has 1 atom stereocenters. The zero-order chi connectivity index (χ0) is 11.3. The minimum atomic E-state index is 0.487. The minimum absolute atomic E-state index is 0.487. The summed E-state index contributed by atoms with van der Waals surface area (Å²) in [6.45, 7) is 7.65. The first-order valence-corrected chi connectivity index (χ1v) is 6.47. The molecule has 0 heterocycles. The lowest BCUT2D eigenvalue weighted by atomic mass is 10.0. The molecule has 0 amide bonds. The fraction of sp³-hybridized carbons (Fsp3) is 0.538. The first-order chi connectivity index (χ1) is 7.17. The van der Waals surface area contributed by atoms with E-state index < -0.39 is 0 Å². The second kappa shape index (κ2) is 6.29. The highest BCUT2D eigenvalue weighted by Gasteiger charge is 2.08. The summed E-state index contributed by atoms with van der Waals surface area (Å²) in [7, 11) is 0. The number of nitrogens with one attached hydrogen (secondary N) is 1. The van der Waals surface area contributed by atoms with Crippen molar-refractivity contribution in [1.82, 2.24) is 5.32 Å². The molecule has 1 unspecified atom stereocenters. The Morgan fingerprint density at radius 3 is 2.53 bits per heavy atom. The van der Waals surface area contributed by atoms with Gasteiger partial charge in [-0.3, -0.25) is 0 Å². The molecule has 1 aromatic rings. The van der Waals surface area contributed by atoms with Gasteiger partial charge in [-0.25, -0.2) is 0 Å². The van der Waals surface area contributed by atoms with Gasteiger partial charge in [0.15, 0.2) is 0 Å². The lowest BCUT2D eigenvalue weighted by Crippen LogP contribution is -2.21. The van der Waals surface area contributed by atoms with Crippen LogP contribution in [-0.4, -0.2) is 6.54 Å². The van der Waals surface area contributed by atoms with Gasteiger partial charge in [0.05, 0.1) is 0 Å². The zero-order valence-corrected chi connectivity index (χ0v) is 11.4. The number of aryl methyl sites for hydroxylation is 1. The number of halogens is 1. The lowest BCUT2D eigenvalue weighted by Gasteiger charge is -2.18. The summed E-state index contributed by atoms with van der Waals surface area (Å²) in [4.78, 5) is 0. The van der Waals surface area contributed by atoms with E-state index in [0.717, 1.165) is 13.0 Å². The van der Waals surface area contributed by atoms with Crippen molar-refractivity contribution >= 4 is 15.9 Å². The Morgan fingerprint density at radius 1 is 1.27 bits per heavy atom. The summed E-state index contributed by atoms with van der Waals surface area (Å²) in [5.74, 6) is 0. The van der Waals surface area contributed by atoms with Gasteiger partial charge in [0.2, 0.25) is 0 Å². The summed E-state index contributed by atoms with van der Waals surface area (Å²) in [5, 5.41) is 3.57. The van der Waals surface area contributed by atoms with E-state index in [1.54, 1.807) is 0 Å². The van der Waals surface area contributed by atoms with Crippen molar-refractivity contribution in [3.63, 3.8) is 0 Å². The third-order valence-electron chi connectivity index (χ3n) is 2.52. The van der Waals surface area contributed by atoms with Crippen LogP contribution < -0.4 is 5.32 Å². The fourth-order valence-corrected chi connectivity index (χ4v) is 2.41. The van der Waals surface area contributed by atoms with Crippen molar-refractivity contribution in [2.24, 2.45) is 0 Å². The summed E-state index contributed by atoms with van der Waals surface area (Å²) in [6.07, 6.45) is 2.32. The number of hydrogen-bond donors (Lipinski definition) is 1. The maximum absolute atomic E-state index is 3.57. The van der Waals surface area contributed by atoms with Crippen LogP contribution in [0.4, 0.5) is 0 Å². The van der Waals surface area contributed by atoms with Crippen molar-refractivity contribution in [3.05, 3.63) is 33.8 Å². The Morgan fingerprint density at radius 2 is 2.00 bits per heavy atom. The third-order valence-corrected chi connectivity index (χ3v) is 2.97. The fourth-order valence-electron chi connectivity index (χ4n) is 1.78. The van der Waals surface area contributed by atoms with Crippen LogP contribution in [0.15, 0.2) is 22.7 Å². The van der Waals surface area contributed by atoms with Gasteiger partial charge in [-0.05, 0) is 49.6 Å². The quantitative estimate of drug-likeness (QED) is 0.845. The van der Waals surface area contributed by atoms with E-state index in [-0.39, 0.29) is 0 Å². The Kier molecular flexibility index (Phi) is 5.34. The van der Waals surface area contributed by atoms with E-state index >= 15 is 0 Å². The largest absolute Gasteiger partial charge is 0.310 e. The molecule has 0 radical (unpaired) electrons. The molecule has 2 heteroatoms. The van der Waals surface area contributed by atoms with E-state index in [0.29, 0.717) is 6.04 Å². The maximum Gasteiger partial charge on any atom is 0.0318 e. The summed E-state index contributed by atoms with van der Waals surface area (Å²) < 4.78 is 1.18. The van der Waals surface area contributed by atoms with Crippen LogP contribution in [0, 0.1) is 6.92 Å². The van der Waals surface area contributed by atoms with Crippen molar-refractivity contribution in [2.75, 3.05) is 6.54 Å². The van der Waals surface area contributed by atoms with Crippen molar-refractivity contribution < 1.29 is 0 Å². The molecule has 0 spiro atoms. The molecular weight excluding hydrogens is 250 g/mol. The second-order valence-corrected chi connectivity index (χ2v) is 4.89. The molecule has 1 nitrogen and oxygen atoms in total. The SMILES string of the molecule is CCCNC(CC)c1cc(C)cc(Br)c1. The predicted molar refractivity (Wildman–Crippen MR) is 70.2 cm³/mol. The number of benzene rings is 1. The maximum atomic E-state index is 3.57. The van der Waals surface area contributed by atoms with Gasteiger partial charge < -0.3 is 5.32 Å². The minimum Gasteiger partial charge on any atom is -0.310 e. The van der Waals surface area contributed by atoms with Gasteiger partial charge in [-0.1, -0.05) is 35.8 Å². The molecule has 0 saturated carbocycles. The van der Waals surface area contributed by atoms with Crippen LogP contribution in [0.1, 0.15) is 43.9 Å². The molecule has 1 rings (SSSR count). The molecule has 1 N–H and O–H groups in total. The van der Waals surface area contributed by atoms with Crippen LogP contribution in [0.25, 0.3) is 0 Å². The molecule has 15 heavy (non-hydrogen) atoms. The molecule has 0 aliphatic carbocycles. The molecule has 0 aliphatic rings. The van der Waals surface area contributed by atoms with Crippen molar-refractivity contribution in [1.29, 1.82) is 0 Å². The summed E-state index contributed by atoms with van der Waals surface area (Å²) in [6, 6.07) is 7.11. The average Bonchev–Trinajstić information content (AvgIpc) is 2.17. The summed E-state index contributed by atoms with van der Waals surface area (Å²) >= 11 is 3.55. The standard InChI is InChI=1S/C13H20BrN/c1-4-6-15-13(5-2)11-7-10(3)8-12(14)9-11/h7-9,13,15H,4-6H2,1-3H3. The van der Waals surface area contributed by atoms with E-state index in [1.807, 2.05) is 0 Å². The molecule has 0 aliphatic heterocycles. The molecule has 0 bridgehead atoms. The third kappa shape index (κ3) is 3.96. The second-order valence-electron chi connectivity index (χ2n) is 3.98. The van der Waals surface area contributed by atoms with E-state index in [9.17, 15) is 0 Å². The van der Waals surface area contributed by atoms with Gasteiger partial charge in [-0.15, -0.1) is 0 Å². The smallest absolute Gasteiger partial charge is 0.0318 e. The van der Waals surface area contributed by atoms with Gasteiger partial charge in [0.25, 0.3) is 0 Å². The van der Waals surface area contributed by atoms with E-state index in [4.69, 9.17) is 0 Å². The highest BCUT2D eigenvalue weighted by Crippen LogP contribution is 2.22. The first-order valence-electron chi connectivity index (χ1n) is 5.67. The van der Waals surface area contributed by atoms with Gasteiger partial charge >= 0.3 is 0 Å². The van der Waals surface area contributed by atoms with Crippen molar-refractivity contribution in [3.8, 4) is 0 Å². The predicted octanol–water partition coefficient (Wildman–Crippen LogP) is 4.21. The van der Waals surface area contributed by atoms with Gasteiger partial charge in [-0.2, -0.15) is 0 Å². The molecule has 0 aromatic heterocycles. The molecule has 0 saturated heterocycles. The highest BCUT2D eigenvalue weighted by molar-refractivity contribution is 9.10. The monoisotopic (exact) mass is 269 g/mol. The van der Waals surface area contributed by atoms with Crippen LogP contribution >= 0.6 is 15.9 Å². The molecule has 0 fully saturated rings. The molecular formula is C13H20BrN. The topological polar surface area (TPSA) is 12.0 Å². The lowest BCUT2D eigenvalue weighted by molar-refractivity contribution is 0.518. The van der Waals surface area contributed by atoms with Crippen LogP contribution in [0.2, 0.25) is 0 Å². The highest BCUT2D eigenvalue weighted by atomic mass is 79.9. The van der Waals surface area contributed by atoms with Crippen LogP contribution in [-0.2, 0) is 0 Å². The van der Waals surface area contributed by atoms with E-state index in [1.165, 1.54) is 22.0 Å². The Bertz CT molecular complexity index is 289. The Hall–Kier alpha value is -0.340. The average molecular weight is 270 g/mol. The first kappa shape index (κ1) is 12.7. The zero-order valence-electron chi connectivity index (χ0n) is 9.81. The Balaban J connectivity index is 2.81. The van der Waals surface area contributed by atoms with Crippen LogP contribution in [0.3, 0.4) is 0 Å². The molecule has 1 aromatic carbocycles. The van der Waals surface area contributed by atoms with Crippen molar-refractivity contribution in [2.45, 2.75) is 39.7 Å². The number of hydrogen-bond acceptors (Lipinski definition) is 1. The van der Waals surface area contributed by atoms with Crippen LogP contribution in [0.5, 0.6) is 0 Å². The normalized spacial score (nSPS) is 12.8. The number of rotatable bonds is 5.